The number of hydrogen-bond donors (Lipinski definition) is 0. The lowest BCUT2D eigenvalue weighted by Crippen LogP contribution is -2.22. The van der Waals surface area contributed by atoms with Crippen LogP contribution >= 0.6 is 0 Å². The number of likely N-dealkylation sites (tertiary alicyclic amines) is 1. The number of nitrogens with zero attached hydrogens (tertiary/aromatic N) is 1. The van der Waals surface area contributed by atoms with E-state index in [1.54, 1.807) is 0 Å². The van der Waals surface area contributed by atoms with Crippen LogP contribution in [0, 0.1) is 5.41 Å². The lowest BCUT2D eigenvalue weighted by molar-refractivity contribution is 0.291. The summed E-state index contributed by atoms with van der Waals surface area (Å²) in [7, 11) is 2.25. The summed E-state index contributed by atoms with van der Waals surface area (Å²) in [4.78, 5) is 2.47. The molecule has 1 saturated heterocycles. The van der Waals surface area contributed by atoms with E-state index in [0.717, 1.165) is 0 Å². The minimum absolute atomic E-state index is 0.462. The molecule has 1 nitrogen and oxygen atoms in total. The molecule has 88 valence electrons. The van der Waals surface area contributed by atoms with Crippen molar-refractivity contribution in [3.05, 3.63) is 36.5 Å². The second-order valence-corrected chi connectivity index (χ2v) is 5.23. The highest BCUT2D eigenvalue weighted by Crippen LogP contribution is 2.37. The minimum atomic E-state index is 0.462. The average molecular weight is 217 g/mol. The summed E-state index contributed by atoms with van der Waals surface area (Å²) in [5.74, 6) is 0. The maximum Gasteiger partial charge on any atom is -0.00135 e. The zero-order valence-corrected chi connectivity index (χ0v) is 10.4. The highest BCUT2D eigenvalue weighted by Gasteiger charge is 2.28. The Morgan fingerprint density at radius 3 is 2.75 bits per heavy atom. The molecule has 1 aliphatic carbocycles. The second-order valence-electron chi connectivity index (χ2n) is 5.23. The topological polar surface area (TPSA) is 3.24 Å². The molecule has 0 aromatic rings. The van der Waals surface area contributed by atoms with Crippen molar-refractivity contribution in [2.24, 2.45) is 5.41 Å². The molecule has 1 atom stereocenters. The lowest BCUT2D eigenvalue weighted by Gasteiger charge is -2.29. The van der Waals surface area contributed by atoms with Crippen molar-refractivity contribution in [2.75, 3.05) is 20.1 Å². The Bertz CT molecular complexity index is 301. The molecule has 0 saturated carbocycles. The van der Waals surface area contributed by atoms with E-state index < -0.39 is 0 Å². The van der Waals surface area contributed by atoms with Crippen molar-refractivity contribution >= 4 is 0 Å². The van der Waals surface area contributed by atoms with E-state index >= 15 is 0 Å². The van der Waals surface area contributed by atoms with Crippen LogP contribution in [0.1, 0.15) is 32.1 Å². The minimum Gasteiger partial charge on any atom is -0.306 e. The van der Waals surface area contributed by atoms with Crippen LogP contribution in [-0.2, 0) is 0 Å². The molecule has 1 unspecified atom stereocenters. The van der Waals surface area contributed by atoms with Gasteiger partial charge in [-0.15, -0.1) is 0 Å². The fourth-order valence-electron chi connectivity index (χ4n) is 2.78. The van der Waals surface area contributed by atoms with Crippen LogP contribution in [0.5, 0.6) is 0 Å². The summed E-state index contributed by atoms with van der Waals surface area (Å²) in [6, 6.07) is 0. The van der Waals surface area contributed by atoms with Crippen molar-refractivity contribution in [3.63, 3.8) is 0 Å². The van der Waals surface area contributed by atoms with Gasteiger partial charge in [0.2, 0.25) is 0 Å². The van der Waals surface area contributed by atoms with Gasteiger partial charge in [0, 0.05) is 0 Å². The summed E-state index contributed by atoms with van der Waals surface area (Å²) < 4.78 is 0. The molecule has 1 spiro atoms. The molecular weight excluding hydrogens is 194 g/mol. The van der Waals surface area contributed by atoms with Gasteiger partial charge in [0.1, 0.15) is 0 Å². The van der Waals surface area contributed by atoms with Crippen molar-refractivity contribution < 1.29 is 0 Å². The van der Waals surface area contributed by atoms with E-state index in [2.05, 4.69) is 48.4 Å². The van der Waals surface area contributed by atoms with Gasteiger partial charge in [0.15, 0.2) is 0 Å². The third-order valence-electron chi connectivity index (χ3n) is 3.93. The molecule has 1 heteroatoms. The summed E-state index contributed by atoms with van der Waals surface area (Å²) in [6.07, 6.45) is 20.1. The third kappa shape index (κ3) is 3.08. The van der Waals surface area contributed by atoms with Crippen LogP contribution in [0.4, 0.5) is 0 Å². The van der Waals surface area contributed by atoms with Gasteiger partial charge in [0.25, 0.3) is 0 Å². The van der Waals surface area contributed by atoms with Crippen molar-refractivity contribution in [1.29, 1.82) is 0 Å². The summed E-state index contributed by atoms with van der Waals surface area (Å²) in [5.41, 5.74) is 0.462. The first-order valence-corrected chi connectivity index (χ1v) is 6.50. The molecule has 0 amide bonds. The van der Waals surface area contributed by atoms with Gasteiger partial charge in [-0.25, -0.2) is 0 Å². The highest BCUT2D eigenvalue weighted by atomic mass is 15.1. The zero-order chi connectivity index (χ0) is 11.3. The Balaban J connectivity index is 2.11. The van der Waals surface area contributed by atoms with Crippen LogP contribution in [0.2, 0.25) is 0 Å². The molecule has 1 fully saturated rings. The van der Waals surface area contributed by atoms with Crippen LogP contribution in [0.25, 0.3) is 0 Å². The fraction of sp³-hybridized carbons (Fsp3) is 0.600. The zero-order valence-electron chi connectivity index (χ0n) is 10.4. The molecule has 0 bridgehead atoms. The van der Waals surface area contributed by atoms with Gasteiger partial charge in [-0.3, -0.25) is 0 Å². The molecule has 2 aliphatic rings. The Kier molecular flexibility index (Phi) is 4.00. The van der Waals surface area contributed by atoms with Gasteiger partial charge >= 0.3 is 0 Å². The van der Waals surface area contributed by atoms with Crippen LogP contribution in [0.15, 0.2) is 36.5 Å². The smallest absolute Gasteiger partial charge is 0.00135 e. The molecular formula is C15H23N. The molecule has 2 rings (SSSR count). The quantitative estimate of drug-likeness (QED) is 0.600. The van der Waals surface area contributed by atoms with Crippen LogP contribution < -0.4 is 0 Å². The average Bonchev–Trinajstić information content (AvgIpc) is 2.39. The summed E-state index contributed by atoms with van der Waals surface area (Å²) >= 11 is 0. The standard InChI is InChI=1S/C15H23N/c1-16-13-8-11-15(12-14-16)9-6-4-2-3-5-7-10-15/h2-6,9H,7-8,10-14H2,1H3/b4-2-,5-3+,9-6+. The van der Waals surface area contributed by atoms with Gasteiger partial charge < -0.3 is 4.90 Å². The molecule has 0 N–H and O–H groups in total. The largest absolute Gasteiger partial charge is 0.306 e. The second kappa shape index (κ2) is 5.49. The molecule has 0 aromatic heterocycles. The first-order chi connectivity index (χ1) is 7.81. The van der Waals surface area contributed by atoms with Crippen LogP contribution in [-0.4, -0.2) is 25.0 Å². The highest BCUT2D eigenvalue weighted by molar-refractivity contribution is 5.16. The SMILES string of the molecule is CN1CCCC2(/C=C/C=C\C=C\CC2)CC1. The molecule has 1 aliphatic heterocycles. The number of allylic oxidation sites excluding steroid dienone is 6. The fourth-order valence-corrected chi connectivity index (χ4v) is 2.78. The van der Waals surface area contributed by atoms with Crippen molar-refractivity contribution in [3.8, 4) is 0 Å². The predicted octanol–water partition coefficient (Wildman–Crippen LogP) is 3.55. The maximum atomic E-state index is 2.47. The number of rotatable bonds is 0. The molecule has 0 aromatic carbocycles. The molecule has 16 heavy (non-hydrogen) atoms. The summed E-state index contributed by atoms with van der Waals surface area (Å²) in [5, 5.41) is 0. The van der Waals surface area contributed by atoms with Crippen LogP contribution in [0.3, 0.4) is 0 Å². The third-order valence-corrected chi connectivity index (χ3v) is 3.93. The van der Waals surface area contributed by atoms with E-state index in [4.69, 9.17) is 0 Å². The Labute approximate surface area is 99.5 Å². The normalized spacial score (nSPS) is 38.1. The first kappa shape index (κ1) is 11.7. The Hall–Kier alpha value is -0.820. The van der Waals surface area contributed by atoms with E-state index in [0.29, 0.717) is 5.41 Å². The summed E-state index contributed by atoms with van der Waals surface area (Å²) in [6.45, 7) is 2.51. The Morgan fingerprint density at radius 2 is 1.81 bits per heavy atom. The van der Waals surface area contributed by atoms with Gasteiger partial charge in [-0.05, 0) is 57.7 Å². The molecule has 1 heterocycles. The van der Waals surface area contributed by atoms with E-state index in [-0.39, 0.29) is 0 Å². The van der Waals surface area contributed by atoms with Gasteiger partial charge in [0.05, 0.1) is 0 Å². The molecule has 0 radical (unpaired) electrons. The van der Waals surface area contributed by atoms with E-state index in [9.17, 15) is 0 Å². The van der Waals surface area contributed by atoms with E-state index in [1.807, 2.05) is 0 Å². The van der Waals surface area contributed by atoms with Gasteiger partial charge in [-0.2, -0.15) is 0 Å². The predicted molar refractivity (Wildman–Crippen MR) is 70.4 cm³/mol. The van der Waals surface area contributed by atoms with Crippen molar-refractivity contribution in [1.82, 2.24) is 4.90 Å². The lowest BCUT2D eigenvalue weighted by atomic mass is 9.76. The maximum absolute atomic E-state index is 2.47. The van der Waals surface area contributed by atoms with E-state index in [1.165, 1.54) is 45.2 Å². The monoisotopic (exact) mass is 217 g/mol. The first-order valence-electron chi connectivity index (χ1n) is 6.50. The Morgan fingerprint density at radius 1 is 0.938 bits per heavy atom. The number of hydrogen-bond acceptors (Lipinski definition) is 1. The van der Waals surface area contributed by atoms with Gasteiger partial charge in [-0.1, -0.05) is 36.5 Å². The van der Waals surface area contributed by atoms with Crippen molar-refractivity contribution in [2.45, 2.75) is 32.1 Å².